The zero-order valence-electron chi connectivity index (χ0n) is 11.5. The molecule has 0 aromatic heterocycles. The number of likely N-dealkylation sites (tertiary alicyclic amines) is 2. The SMILES string of the molecule is O=C([C@@H]1CCC[NH+](C2CCCC2)C1)N1CCCC1. The molecular formula is C15H27N2O+. The van der Waals surface area contributed by atoms with Crippen molar-refractivity contribution in [3.63, 3.8) is 0 Å². The van der Waals surface area contributed by atoms with Gasteiger partial charge in [-0.2, -0.15) is 0 Å². The summed E-state index contributed by atoms with van der Waals surface area (Å²) < 4.78 is 0. The number of rotatable bonds is 2. The number of nitrogens with zero attached hydrogens (tertiary/aromatic N) is 1. The molecule has 102 valence electrons. The first-order valence-corrected chi connectivity index (χ1v) is 7.98. The lowest BCUT2D eigenvalue weighted by Gasteiger charge is -2.34. The molecule has 0 aromatic rings. The van der Waals surface area contributed by atoms with E-state index in [1.54, 1.807) is 4.90 Å². The molecule has 0 bridgehead atoms. The van der Waals surface area contributed by atoms with Crippen molar-refractivity contribution in [3.05, 3.63) is 0 Å². The van der Waals surface area contributed by atoms with Crippen molar-refractivity contribution >= 4 is 5.91 Å². The first-order valence-electron chi connectivity index (χ1n) is 7.98. The third kappa shape index (κ3) is 2.56. The first kappa shape index (κ1) is 12.5. The Morgan fingerprint density at radius 1 is 0.944 bits per heavy atom. The predicted octanol–water partition coefficient (Wildman–Crippen LogP) is 0.846. The van der Waals surface area contributed by atoms with Crippen LogP contribution < -0.4 is 4.90 Å². The average molecular weight is 251 g/mol. The van der Waals surface area contributed by atoms with Crippen molar-refractivity contribution in [2.45, 2.75) is 57.4 Å². The third-order valence-corrected chi connectivity index (χ3v) is 5.26. The molecule has 0 aromatic carbocycles. The number of quaternary nitrogens is 1. The van der Waals surface area contributed by atoms with Crippen LogP contribution in [0.4, 0.5) is 0 Å². The second-order valence-electron chi connectivity index (χ2n) is 6.47. The molecule has 1 N–H and O–H groups in total. The Hall–Kier alpha value is -0.570. The van der Waals surface area contributed by atoms with Crippen LogP contribution in [0.5, 0.6) is 0 Å². The number of hydrogen-bond acceptors (Lipinski definition) is 1. The second kappa shape index (κ2) is 5.60. The molecule has 18 heavy (non-hydrogen) atoms. The maximum absolute atomic E-state index is 12.5. The van der Waals surface area contributed by atoms with Crippen LogP contribution in [-0.4, -0.2) is 43.0 Å². The Morgan fingerprint density at radius 2 is 1.67 bits per heavy atom. The maximum atomic E-state index is 12.5. The van der Waals surface area contributed by atoms with E-state index in [9.17, 15) is 4.79 Å². The van der Waals surface area contributed by atoms with E-state index in [1.807, 2.05) is 0 Å². The monoisotopic (exact) mass is 251 g/mol. The normalized spacial score (nSPS) is 34.1. The average Bonchev–Trinajstić information content (AvgIpc) is 3.11. The highest BCUT2D eigenvalue weighted by atomic mass is 16.2. The van der Waals surface area contributed by atoms with E-state index in [2.05, 4.69) is 4.90 Å². The molecule has 2 saturated heterocycles. The zero-order valence-corrected chi connectivity index (χ0v) is 11.5. The zero-order chi connectivity index (χ0) is 12.4. The van der Waals surface area contributed by atoms with E-state index in [-0.39, 0.29) is 0 Å². The number of nitrogens with one attached hydrogen (secondary N) is 1. The molecule has 1 saturated carbocycles. The van der Waals surface area contributed by atoms with E-state index >= 15 is 0 Å². The Bertz CT molecular complexity index is 293. The predicted molar refractivity (Wildman–Crippen MR) is 71.5 cm³/mol. The summed E-state index contributed by atoms with van der Waals surface area (Å²) in [5.74, 6) is 0.815. The quantitative estimate of drug-likeness (QED) is 0.773. The van der Waals surface area contributed by atoms with E-state index in [1.165, 1.54) is 51.5 Å². The Kier molecular flexibility index (Phi) is 3.88. The van der Waals surface area contributed by atoms with Gasteiger partial charge in [0, 0.05) is 13.1 Å². The second-order valence-corrected chi connectivity index (χ2v) is 6.47. The van der Waals surface area contributed by atoms with Crippen molar-refractivity contribution in [2.24, 2.45) is 5.92 Å². The Labute approximate surface area is 111 Å². The molecule has 1 amide bonds. The standard InChI is InChI=1S/C15H26N2O/c18-15(16-9-3-4-10-16)13-6-5-11-17(12-13)14-7-1-2-8-14/h13-14H,1-12H2/p+1/t13-/m1/s1. The number of piperidine rings is 1. The number of amides is 1. The van der Waals surface area contributed by atoms with Crippen molar-refractivity contribution < 1.29 is 9.69 Å². The molecule has 2 aliphatic heterocycles. The molecule has 3 fully saturated rings. The molecule has 1 unspecified atom stereocenters. The summed E-state index contributed by atoms with van der Waals surface area (Å²) >= 11 is 0. The van der Waals surface area contributed by atoms with E-state index < -0.39 is 0 Å². The van der Waals surface area contributed by atoms with Gasteiger partial charge < -0.3 is 9.80 Å². The minimum atomic E-state index is 0.340. The summed E-state index contributed by atoms with van der Waals surface area (Å²) in [6.45, 7) is 4.48. The molecule has 0 radical (unpaired) electrons. The van der Waals surface area contributed by atoms with Crippen molar-refractivity contribution in [1.29, 1.82) is 0 Å². The fourth-order valence-corrected chi connectivity index (χ4v) is 4.21. The van der Waals surface area contributed by atoms with Gasteiger partial charge in [0.25, 0.3) is 0 Å². The Balaban J connectivity index is 1.57. The molecule has 3 heteroatoms. The van der Waals surface area contributed by atoms with Crippen molar-refractivity contribution in [3.8, 4) is 0 Å². The minimum absolute atomic E-state index is 0.340. The van der Waals surface area contributed by atoms with Gasteiger partial charge in [-0.1, -0.05) is 0 Å². The summed E-state index contributed by atoms with van der Waals surface area (Å²) in [6.07, 6.45) is 10.5. The summed E-state index contributed by atoms with van der Waals surface area (Å²) in [6, 6.07) is 0.874. The van der Waals surface area contributed by atoms with Crippen molar-refractivity contribution in [2.75, 3.05) is 26.2 Å². The molecule has 3 nitrogen and oxygen atoms in total. The largest absolute Gasteiger partial charge is 0.342 e. The van der Waals surface area contributed by atoms with Gasteiger partial charge in [0.2, 0.25) is 5.91 Å². The molecule has 1 aliphatic carbocycles. The van der Waals surface area contributed by atoms with Crippen LogP contribution in [0.15, 0.2) is 0 Å². The molecule has 2 atom stereocenters. The lowest BCUT2D eigenvalue weighted by atomic mass is 9.95. The highest BCUT2D eigenvalue weighted by Gasteiger charge is 2.36. The van der Waals surface area contributed by atoms with Gasteiger partial charge in [0.05, 0.1) is 25.0 Å². The van der Waals surface area contributed by atoms with Crippen LogP contribution in [0.3, 0.4) is 0 Å². The van der Waals surface area contributed by atoms with Gasteiger partial charge in [-0.25, -0.2) is 0 Å². The van der Waals surface area contributed by atoms with Crippen LogP contribution >= 0.6 is 0 Å². The topological polar surface area (TPSA) is 24.8 Å². The lowest BCUT2D eigenvalue weighted by Crippen LogP contribution is -3.17. The molecule has 2 heterocycles. The molecule has 3 rings (SSSR count). The van der Waals surface area contributed by atoms with Crippen LogP contribution in [0.25, 0.3) is 0 Å². The van der Waals surface area contributed by atoms with E-state index in [0.717, 1.165) is 32.1 Å². The Morgan fingerprint density at radius 3 is 2.39 bits per heavy atom. The van der Waals surface area contributed by atoms with Gasteiger partial charge in [-0.15, -0.1) is 0 Å². The van der Waals surface area contributed by atoms with E-state index in [4.69, 9.17) is 0 Å². The third-order valence-electron chi connectivity index (χ3n) is 5.26. The number of carbonyl (C=O) groups is 1. The van der Waals surface area contributed by atoms with Gasteiger partial charge in [-0.05, 0) is 51.4 Å². The van der Waals surface area contributed by atoms with Gasteiger partial charge >= 0.3 is 0 Å². The number of hydrogen-bond donors (Lipinski definition) is 1. The minimum Gasteiger partial charge on any atom is -0.342 e. The van der Waals surface area contributed by atoms with Crippen LogP contribution in [0.1, 0.15) is 51.4 Å². The van der Waals surface area contributed by atoms with Crippen LogP contribution in [0.2, 0.25) is 0 Å². The first-order chi connectivity index (χ1) is 8.84. The van der Waals surface area contributed by atoms with Crippen LogP contribution in [0, 0.1) is 5.92 Å². The summed E-state index contributed by atoms with van der Waals surface area (Å²) in [5.41, 5.74) is 0. The molecule has 0 spiro atoms. The fourth-order valence-electron chi connectivity index (χ4n) is 4.21. The lowest BCUT2D eigenvalue weighted by molar-refractivity contribution is -0.931. The molecule has 3 aliphatic rings. The van der Waals surface area contributed by atoms with Gasteiger partial charge in [0.1, 0.15) is 0 Å². The maximum Gasteiger partial charge on any atom is 0.231 e. The summed E-state index contributed by atoms with van der Waals surface area (Å²) in [7, 11) is 0. The summed E-state index contributed by atoms with van der Waals surface area (Å²) in [4.78, 5) is 16.3. The summed E-state index contributed by atoms with van der Waals surface area (Å²) in [5, 5.41) is 0. The smallest absolute Gasteiger partial charge is 0.231 e. The van der Waals surface area contributed by atoms with Gasteiger partial charge in [0.15, 0.2) is 0 Å². The van der Waals surface area contributed by atoms with Gasteiger partial charge in [-0.3, -0.25) is 4.79 Å². The highest BCUT2D eigenvalue weighted by Crippen LogP contribution is 2.19. The van der Waals surface area contributed by atoms with Crippen molar-refractivity contribution in [1.82, 2.24) is 4.90 Å². The fraction of sp³-hybridized carbons (Fsp3) is 0.933. The molecular weight excluding hydrogens is 224 g/mol. The van der Waals surface area contributed by atoms with E-state index in [0.29, 0.717) is 11.8 Å². The highest BCUT2D eigenvalue weighted by molar-refractivity contribution is 5.79. The van der Waals surface area contributed by atoms with Crippen LogP contribution in [-0.2, 0) is 4.79 Å². The number of carbonyl (C=O) groups excluding carboxylic acids is 1.